The van der Waals surface area contributed by atoms with Crippen molar-refractivity contribution < 1.29 is 23.8 Å². The number of anilines is 1. The number of rotatable bonds is 7. The molecule has 28 heavy (non-hydrogen) atoms. The first-order valence-electron chi connectivity index (χ1n) is 8.62. The van der Waals surface area contributed by atoms with E-state index in [1.807, 2.05) is 5.38 Å². The van der Waals surface area contributed by atoms with Crippen LogP contribution in [0.2, 0.25) is 0 Å². The molecule has 0 saturated carbocycles. The lowest BCUT2D eigenvalue weighted by Crippen LogP contribution is -2.52. The van der Waals surface area contributed by atoms with Crippen LogP contribution < -0.4 is 25.8 Å². The highest BCUT2D eigenvalue weighted by Crippen LogP contribution is 2.32. The smallest absolute Gasteiger partial charge is 0.251 e. The van der Waals surface area contributed by atoms with E-state index in [2.05, 4.69) is 15.6 Å². The van der Waals surface area contributed by atoms with Crippen LogP contribution in [0.15, 0.2) is 23.6 Å². The summed E-state index contributed by atoms with van der Waals surface area (Å²) in [5.41, 5.74) is 7.10. The van der Waals surface area contributed by atoms with Gasteiger partial charge in [0.15, 0.2) is 22.7 Å². The summed E-state index contributed by atoms with van der Waals surface area (Å²) in [6.07, 6.45) is -0.309. The van der Waals surface area contributed by atoms with Crippen molar-refractivity contribution in [1.29, 1.82) is 0 Å². The normalized spacial score (nSPS) is 19.0. The number of hydrogen-bond donors (Lipinski definition) is 3. The maximum absolute atomic E-state index is 12.7. The molecule has 1 fully saturated rings. The number of nitrogens with zero attached hydrogens (tertiary/aromatic N) is 1. The van der Waals surface area contributed by atoms with Gasteiger partial charge in [-0.25, -0.2) is 4.98 Å². The molecule has 10 heteroatoms. The number of aromatic nitrogens is 1. The van der Waals surface area contributed by atoms with Gasteiger partial charge in [-0.3, -0.25) is 9.59 Å². The van der Waals surface area contributed by atoms with Crippen molar-refractivity contribution in [1.82, 2.24) is 15.6 Å². The van der Waals surface area contributed by atoms with Crippen LogP contribution in [0, 0.1) is 0 Å². The highest BCUT2D eigenvalue weighted by atomic mass is 32.1. The van der Waals surface area contributed by atoms with E-state index in [0.29, 0.717) is 35.2 Å². The molecule has 1 aromatic carbocycles. The Hall–Kier alpha value is -2.85. The summed E-state index contributed by atoms with van der Waals surface area (Å²) in [7, 11) is 3.06. The fourth-order valence-corrected chi connectivity index (χ4v) is 3.53. The molecule has 3 rings (SSSR count). The van der Waals surface area contributed by atoms with Crippen LogP contribution in [0.3, 0.4) is 0 Å². The van der Waals surface area contributed by atoms with Crippen molar-refractivity contribution in [2.45, 2.75) is 18.6 Å². The molecule has 1 aliphatic rings. The number of nitrogens with one attached hydrogen (secondary N) is 2. The van der Waals surface area contributed by atoms with Gasteiger partial charge in [0.05, 0.1) is 26.0 Å². The van der Waals surface area contributed by atoms with E-state index >= 15 is 0 Å². The Morgan fingerprint density at radius 2 is 2.18 bits per heavy atom. The zero-order chi connectivity index (χ0) is 20.1. The fourth-order valence-electron chi connectivity index (χ4n) is 2.94. The number of nitrogen functional groups attached to an aromatic ring is 1. The maximum atomic E-state index is 12.7. The van der Waals surface area contributed by atoms with E-state index in [4.69, 9.17) is 19.9 Å². The van der Waals surface area contributed by atoms with E-state index in [1.54, 1.807) is 18.2 Å². The monoisotopic (exact) mass is 406 g/mol. The Morgan fingerprint density at radius 3 is 2.86 bits per heavy atom. The Bertz CT molecular complexity index is 856. The second-order valence-corrected chi connectivity index (χ2v) is 7.00. The highest BCUT2D eigenvalue weighted by Gasteiger charge is 2.36. The van der Waals surface area contributed by atoms with Crippen LogP contribution in [0.4, 0.5) is 5.13 Å². The number of carbonyl (C=O) groups is 2. The second kappa shape index (κ2) is 8.89. The van der Waals surface area contributed by atoms with Crippen LogP contribution >= 0.6 is 11.3 Å². The molecule has 2 amide bonds. The van der Waals surface area contributed by atoms with Crippen LogP contribution in [0.1, 0.15) is 17.3 Å². The molecule has 2 atom stereocenters. The molecule has 0 unspecified atom stereocenters. The van der Waals surface area contributed by atoms with Gasteiger partial charge in [0, 0.05) is 18.3 Å². The number of nitrogens with two attached hydrogens (primary N) is 1. The quantitative estimate of drug-likeness (QED) is 0.617. The van der Waals surface area contributed by atoms with Gasteiger partial charge in [0.2, 0.25) is 5.91 Å². The Morgan fingerprint density at radius 1 is 1.39 bits per heavy atom. The maximum Gasteiger partial charge on any atom is 0.251 e. The van der Waals surface area contributed by atoms with E-state index in [-0.39, 0.29) is 18.4 Å². The molecule has 150 valence electrons. The topological polar surface area (TPSA) is 125 Å². The minimum atomic E-state index is -0.865. The lowest BCUT2D eigenvalue weighted by molar-refractivity contribution is -0.148. The first-order chi connectivity index (χ1) is 13.5. The summed E-state index contributed by atoms with van der Waals surface area (Å²) in [5.74, 6) is 0.447. The summed E-state index contributed by atoms with van der Waals surface area (Å²) in [6, 6.07) is 4.56. The van der Waals surface area contributed by atoms with E-state index in [9.17, 15) is 9.59 Å². The number of morpholine rings is 1. The SMILES string of the molecule is COc1ccc([C@H]2NC(=O)CO[C@@H]2C(=O)NCCc2csc(N)n2)cc1OC. The molecule has 1 saturated heterocycles. The predicted octanol–water partition coefficient (Wildman–Crippen LogP) is 0.658. The summed E-state index contributed by atoms with van der Waals surface area (Å²) in [6.45, 7) is 0.207. The van der Waals surface area contributed by atoms with Crippen molar-refractivity contribution >= 4 is 28.3 Å². The number of thiazole rings is 1. The number of benzene rings is 1. The van der Waals surface area contributed by atoms with Gasteiger partial charge < -0.3 is 30.6 Å². The molecule has 4 N–H and O–H groups in total. The van der Waals surface area contributed by atoms with Crippen LogP contribution in [-0.4, -0.2) is 50.3 Å². The van der Waals surface area contributed by atoms with E-state index in [0.717, 1.165) is 5.69 Å². The largest absolute Gasteiger partial charge is 0.493 e. The Balaban J connectivity index is 1.70. The van der Waals surface area contributed by atoms with Crippen molar-refractivity contribution in [3.63, 3.8) is 0 Å². The van der Waals surface area contributed by atoms with Gasteiger partial charge in [0.25, 0.3) is 5.91 Å². The summed E-state index contributed by atoms with van der Waals surface area (Å²) in [4.78, 5) is 28.7. The predicted molar refractivity (Wildman–Crippen MR) is 103 cm³/mol. The third kappa shape index (κ3) is 4.52. The lowest BCUT2D eigenvalue weighted by Gasteiger charge is -2.32. The minimum absolute atomic E-state index is 0.176. The molecule has 2 aromatic rings. The number of amides is 2. The van der Waals surface area contributed by atoms with Crippen molar-refractivity contribution in [3.05, 3.63) is 34.8 Å². The van der Waals surface area contributed by atoms with Crippen molar-refractivity contribution in [2.75, 3.05) is 33.1 Å². The van der Waals surface area contributed by atoms with Gasteiger partial charge in [-0.05, 0) is 17.7 Å². The summed E-state index contributed by atoms with van der Waals surface area (Å²) >= 11 is 1.36. The van der Waals surface area contributed by atoms with Gasteiger partial charge in [-0.2, -0.15) is 0 Å². The fraction of sp³-hybridized carbons (Fsp3) is 0.389. The van der Waals surface area contributed by atoms with Crippen LogP contribution in [0.5, 0.6) is 11.5 Å². The highest BCUT2D eigenvalue weighted by molar-refractivity contribution is 7.13. The average Bonchev–Trinajstić information content (AvgIpc) is 3.12. The molecule has 2 heterocycles. The second-order valence-electron chi connectivity index (χ2n) is 6.11. The van der Waals surface area contributed by atoms with Crippen molar-refractivity contribution in [2.24, 2.45) is 0 Å². The summed E-state index contributed by atoms with van der Waals surface area (Å²) in [5, 5.41) is 7.99. The zero-order valence-electron chi connectivity index (χ0n) is 15.6. The van der Waals surface area contributed by atoms with Gasteiger partial charge in [-0.15, -0.1) is 11.3 Å². The lowest BCUT2D eigenvalue weighted by atomic mass is 9.98. The van der Waals surface area contributed by atoms with Gasteiger partial charge in [0.1, 0.15) is 6.61 Å². The molecule has 0 spiro atoms. The Labute approximate surface area is 166 Å². The molecular formula is C18H22N4O5S. The standard InChI is InChI=1S/C18H22N4O5S/c1-25-12-4-3-10(7-13(12)26-2)15-16(27-8-14(23)22-15)17(24)20-6-5-11-9-28-18(19)21-11/h3-4,7,9,15-16H,5-6,8H2,1-2H3,(H2,19,21)(H,20,24)(H,22,23)/t15-,16+/m1/s1. The third-order valence-corrected chi connectivity index (χ3v) is 5.01. The Kier molecular flexibility index (Phi) is 6.32. The number of carbonyl (C=O) groups excluding carboxylic acids is 2. The minimum Gasteiger partial charge on any atom is -0.493 e. The number of ether oxygens (including phenoxy) is 3. The zero-order valence-corrected chi connectivity index (χ0v) is 16.4. The molecule has 0 aliphatic carbocycles. The molecule has 9 nitrogen and oxygen atoms in total. The molecule has 1 aliphatic heterocycles. The summed E-state index contributed by atoms with van der Waals surface area (Å²) < 4.78 is 16.1. The first kappa shape index (κ1) is 19.9. The van der Waals surface area contributed by atoms with Gasteiger partial charge in [-0.1, -0.05) is 6.07 Å². The first-order valence-corrected chi connectivity index (χ1v) is 9.50. The van der Waals surface area contributed by atoms with Crippen LogP contribution in [0.25, 0.3) is 0 Å². The van der Waals surface area contributed by atoms with Gasteiger partial charge >= 0.3 is 0 Å². The average molecular weight is 406 g/mol. The van der Waals surface area contributed by atoms with E-state index in [1.165, 1.54) is 25.6 Å². The van der Waals surface area contributed by atoms with Crippen molar-refractivity contribution in [3.8, 4) is 11.5 Å². The molecule has 0 radical (unpaired) electrons. The number of hydrogen-bond acceptors (Lipinski definition) is 8. The molecule has 0 bridgehead atoms. The molecule has 1 aromatic heterocycles. The number of methoxy groups -OCH3 is 2. The third-order valence-electron chi connectivity index (χ3n) is 4.29. The van der Waals surface area contributed by atoms with Crippen LogP contribution in [-0.2, 0) is 20.7 Å². The van der Waals surface area contributed by atoms with E-state index < -0.39 is 12.1 Å². The molecular weight excluding hydrogens is 384 g/mol.